The molecule has 344 valence electrons. The Kier molecular flexibility index (Phi) is 17.1. The summed E-state index contributed by atoms with van der Waals surface area (Å²) < 4.78 is 37.9. The number of ketones is 1. The molecule has 0 atom stereocenters. The average molecular weight is 896 g/mol. The fourth-order valence-electron chi connectivity index (χ4n) is 8.03. The Balaban J connectivity index is 0.000000178. The van der Waals surface area contributed by atoms with Crippen LogP contribution in [0, 0.1) is 17.6 Å². The number of carboxylic acid groups (broad SMARTS) is 1. The van der Waals surface area contributed by atoms with Crippen molar-refractivity contribution in [3.05, 3.63) is 120 Å². The van der Waals surface area contributed by atoms with E-state index in [4.69, 9.17) is 20.3 Å². The van der Waals surface area contributed by atoms with E-state index in [-0.39, 0.29) is 65.7 Å². The summed E-state index contributed by atoms with van der Waals surface area (Å²) in [6.45, 7) is 3.39. The highest BCUT2D eigenvalue weighted by Gasteiger charge is 2.28. The summed E-state index contributed by atoms with van der Waals surface area (Å²) in [7, 11) is 0. The molecule has 8 rings (SSSR count). The lowest BCUT2D eigenvalue weighted by atomic mass is 9.91. The molecule has 4 aromatic rings. The number of carbonyl (C=O) groups is 6. The molecule has 4 aliphatic heterocycles. The smallest absolute Gasteiger partial charge is 0.341 e. The number of anilines is 2. The van der Waals surface area contributed by atoms with Gasteiger partial charge in [-0.3, -0.25) is 24.0 Å². The number of amides is 4. The van der Waals surface area contributed by atoms with Crippen LogP contribution in [0.4, 0.5) is 20.2 Å². The predicted molar refractivity (Wildman–Crippen MR) is 239 cm³/mol. The second-order valence-corrected chi connectivity index (χ2v) is 16.3. The number of piperidine rings is 2. The highest BCUT2D eigenvalue weighted by molar-refractivity contribution is 5.96. The molecule has 14 nitrogen and oxygen atoms in total. The Morgan fingerprint density at radius 3 is 1.40 bits per heavy atom. The van der Waals surface area contributed by atoms with Crippen LogP contribution in [-0.2, 0) is 19.2 Å². The third-order valence-electron chi connectivity index (χ3n) is 11.7. The van der Waals surface area contributed by atoms with Crippen LogP contribution >= 0.6 is 0 Å². The summed E-state index contributed by atoms with van der Waals surface area (Å²) in [6.07, 6.45) is 6.36. The van der Waals surface area contributed by atoms with Gasteiger partial charge in [-0.2, -0.15) is 0 Å². The van der Waals surface area contributed by atoms with Gasteiger partial charge in [0.05, 0.1) is 11.1 Å². The quantitative estimate of drug-likeness (QED) is 0.159. The van der Waals surface area contributed by atoms with Gasteiger partial charge in [-0.15, -0.1) is 0 Å². The summed E-state index contributed by atoms with van der Waals surface area (Å²) >= 11 is 0. The van der Waals surface area contributed by atoms with Gasteiger partial charge in [-0.25, -0.2) is 13.6 Å². The lowest BCUT2D eigenvalue weighted by molar-refractivity contribution is -0.139. The monoisotopic (exact) mass is 895 g/mol. The number of carbonyl (C=O) groups excluding carboxylic acids is 5. The van der Waals surface area contributed by atoms with Crippen molar-refractivity contribution in [1.82, 2.24) is 9.80 Å². The number of nitrogens with two attached hydrogens (primary N) is 1. The fraction of sp³-hybridized carbons (Fsp3) is 0.388. The van der Waals surface area contributed by atoms with Gasteiger partial charge in [0.2, 0.25) is 11.8 Å². The molecule has 0 aromatic heterocycles. The number of hydrogen-bond acceptors (Lipinski definition) is 9. The number of likely N-dealkylation sites (tertiary alicyclic amines) is 2. The van der Waals surface area contributed by atoms with Gasteiger partial charge < -0.3 is 39.9 Å². The van der Waals surface area contributed by atoms with Crippen LogP contribution < -0.4 is 25.0 Å². The Morgan fingerprint density at radius 1 is 0.585 bits per heavy atom. The Labute approximate surface area is 376 Å². The van der Waals surface area contributed by atoms with Gasteiger partial charge in [-0.1, -0.05) is 24.3 Å². The molecule has 4 fully saturated rings. The van der Waals surface area contributed by atoms with Crippen LogP contribution in [0.2, 0.25) is 0 Å². The molecule has 4 saturated heterocycles. The van der Waals surface area contributed by atoms with Gasteiger partial charge in [0.25, 0.3) is 11.8 Å². The average Bonchev–Trinajstić information content (AvgIpc) is 3.96. The van der Waals surface area contributed by atoms with Gasteiger partial charge in [-0.05, 0) is 117 Å². The standard InChI is InChI=1S/C25H27FN2O4.C12H15FN2O.C12H13NO4/c26-23-5-2-1-4-22(23)25(31)27-14-11-18(12-15-27)16-20(29)17-32-21-9-7-19(8-10-21)28-13-3-6-24(28)30;13-11-4-2-1-3-10(11)12(16)15-7-5-9(14)6-8-15;14-11-2-1-7-13(11)9-3-5-10(6-4-9)17-8-12(15)16/h1-2,4-5,7-10,18H,3,6,11-17H2;1-4,9H,5-8,14H2;3-6H,1-2,7-8H2,(H,15,16). The van der Waals surface area contributed by atoms with Crippen LogP contribution in [-0.4, -0.2) is 109 Å². The first-order valence-corrected chi connectivity index (χ1v) is 22.0. The fourth-order valence-corrected chi connectivity index (χ4v) is 8.03. The minimum atomic E-state index is -1.01. The Hall–Kier alpha value is -6.68. The number of hydrogen-bond donors (Lipinski definition) is 2. The molecule has 4 heterocycles. The van der Waals surface area contributed by atoms with E-state index in [1.807, 2.05) is 12.1 Å². The normalized spacial score (nSPS) is 16.6. The molecule has 65 heavy (non-hydrogen) atoms. The van der Waals surface area contributed by atoms with Crippen LogP contribution in [0.3, 0.4) is 0 Å². The zero-order valence-electron chi connectivity index (χ0n) is 36.2. The van der Waals surface area contributed by atoms with Crippen LogP contribution in [0.5, 0.6) is 11.5 Å². The largest absolute Gasteiger partial charge is 0.486 e. The van der Waals surface area contributed by atoms with Crippen molar-refractivity contribution in [3.63, 3.8) is 0 Å². The van der Waals surface area contributed by atoms with Crippen molar-refractivity contribution in [1.29, 1.82) is 0 Å². The molecule has 16 heteroatoms. The van der Waals surface area contributed by atoms with E-state index in [9.17, 15) is 37.5 Å². The lowest BCUT2D eigenvalue weighted by Gasteiger charge is -2.31. The summed E-state index contributed by atoms with van der Waals surface area (Å²) in [5, 5.41) is 8.46. The Bertz CT molecular complexity index is 2280. The minimum absolute atomic E-state index is 0.00361. The highest BCUT2D eigenvalue weighted by atomic mass is 19.1. The molecular formula is C49H55F2N5O9. The number of rotatable bonds is 12. The van der Waals surface area contributed by atoms with Crippen molar-refractivity contribution >= 4 is 46.8 Å². The van der Waals surface area contributed by atoms with E-state index in [0.29, 0.717) is 69.8 Å². The maximum atomic E-state index is 13.9. The van der Waals surface area contributed by atoms with E-state index >= 15 is 0 Å². The molecule has 4 aliphatic rings. The van der Waals surface area contributed by atoms with Crippen molar-refractivity contribution in [2.24, 2.45) is 11.7 Å². The number of halogens is 2. The SMILES string of the molecule is NC1CCN(C(=O)c2ccccc2F)CC1.O=C(COc1ccc(N2CCCC2=O)cc1)CC1CCN(C(=O)c2ccccc2F)CC1.O=C(O)COc1ccc(N2CCCC2=O)cc1. The van der Waals surface area contributed by atoms with Crippen LogP contribution in [0.15, 0.2) is 97.1 Å². The van der Waals surface area contributed by atoms with E-state index in [1.165, 1.54) is 24.3 Å². The first kappa shape index (κ1) is 47.8. The zero-order valence-corrected chi connectivity index (χ0v) is 36.2. The van der Waals surface area contributed by atoms with E-state index < -0.39 is 17.6 Å². The van der Waals surface area contributed by atoms with Crippen molar-refractivity contribution in [2.75, 3.05) is 62.3 Å². The maximum Gasteiger partial charge on any atom is 0.341 e. The number of carboxylic acids is 1. The molecule has 0 saturated carbocycles. The molecule has 0 unspecified atom stereocenters. The zero-order chi connectivity index (χ0) is 46.3. The van der Waals surface area contributed by atoms with Gasteiger partial charge >= 0.3 is 5.97 Å². The number of nitrogens with zero attached hydrogens (tertiary/aromatic N) is 4. The van der Waals surface area contributed by atoms with E-state index in [2.05, 4.69) is 0 Å². The van der Waals surface area contributed by atoms with E-state index in [0.717, 1.165) is 50.1 Å². The highest BCUT2D eigenvalue weighted by Crippen LogP contribution is 2.27. The van der Waals surface area contributed by atoms with Crippen molar-refractivity contribution in [3.8, 4) is 11.5 Å². The van der Waals surface area contributed by atoms with Crippen molar-refractivity contribution in [2.45, 2.75) is 63.8 Å². The molecule has 4 aromatic carbocycles. The molecule has 0 aliphatic carbocycles. The minimum Gasteiger partial charge on any atom is -0.486 e. The number of Topliss-reactive ketones (excluding diaryl/α,β-unsaturated/α-hetero) is 1. The lowest BCUT2D eigenvalue weighted by Crippen LogP contribution is -2.43. The first-order valence-electron chi connectivity index (χ1n) is 22.0. The molecule has 0 radical (unpaired) electrons. The predicted octanol–water partition coefficient (Wildman–Crippen LogP) is 6.51. The van der Waals surface area contributed by atoms with Gasteiger partial charge in [0, 0.05) is 75.9 Å². The molecule has 3 N–H and O–H groups in total. The summed E-state index contributed by atoms with van der Waals surface area (Å²) in [4.78, 5) is 77.3. The Morgan fingerprint density at radius 2 is 1.00 bits per heavy atom. The number of aliphatic carboxylic acids is 1. The van der Waals surface area contributed by atoms with Crippen LogP contribution in [0.1, 0.15) is 78.5 Å². The number of ether oxygens (including phenoxy) is 2. The number of benzene rings is 4. The topological polar surface area (TPSA) is 180 Å². The van der Waals surface area contributed by atoms with Crippen molar-refractivity contribution < 1.29 is 52.1 Å². The summed E-state index contributed by atoms with van der Waals surface area (Å²) in [5.74, 6) is -0.943. The summed E-state index contributed by atoms with van der Waals surface area (Å²) in [6, 6.07) is 26.4. The third-order valence-corrected chi connectivity index (χ3v) is 11.7. The molecule has 0 spiro atoms. The summed E-state index contributed by atoms with van der Waals surface area (Å²) in [5.41, 5.74) is 7.68. The van der Waals surface area contributed by atoms with E-state index in [1.54, 1.807) is 80.3 Å². The first-order chi connectivity index (χ1) is 31.4. The van der Waals surface area contributed by atoms with Gasteiger partial charge in [0.1, 0.15) is 29.7 Å². The third kappa shape index (κ3) is 13.7. The molecule has 4 amide bonds. The second kappa shape index (κ2) is 23.3. The maximum absolute atomic E-state index is 13.9. The second-order valence-electron chi connectivity index (χ2n) is 16.3. The van der Waals surface area contributed by atoms with Gasteiger partial charge in [0.15, 0.2) is 12.4 Å². The molecule has 0 bridgehead atoms. The molecular weight excluding hydrogens is 841 g/mol. The van der Waals surface area contributed by atoms with Crippen LogP contribution in [0.25, 0.3) is 0 Å².